The number of fused-ring (bicyclic) bond motifs is 1. The molecule has 2 atom stereocenters. The Labute approximate surface area is 265 Å². The van der Waals surface area contributed by atoms with E-state index in [2.05, 4.69) is 4.98 Å². The van der Waals surface area contributed by atoms with Crippen molar-refractivity contribution >= 4 is 22.8 Å². The molecule has 5 aromatic rings. The largest absolute Gasteiger partial charge is 0.488 e. The molecule has 0 fully saturated rings. The lowest BCUT2D eigenvalue weighted by molar-refractivity contribution is -0.149. The number of aromatic nitrogens is 1. The van der Waals surface area contributed by atoms with Crippen molar-refractivity contribution in [2.24, 2.45) is 0 Å². The first-order chi connectivity index (χ1) is 22.5. The van der Waals surface area contributed by atoms with E-state index in [9.17, 15) is 14.7 Å². The summed E-state index contributed by atoms with van der Waals surface area (Å²) in [5, 5.41) is 11.8. The van der Waals surface area contributed by atoms with Crippen molar-refractivity contribution in [2.45, 2.75) is 32.0 Å². The molecule has 46 heavy (non-hydrogen) atoms. The van der Waals surface area contributed by atoms with Gasteiger partial charge in [0.1, 0.15) is 38.3 Å². The molecule has 2 heterocycles. The molecule has 0 radical (unpaired) electrons. The van der Waals surface area contributed by atoms with Gasteiger partial charge in [0.2, 0.25) is 5.76 Å². The highest BCUT2D eigenvalue weighted by Gasteiger charge is 2.42. The summed E-state index contributed by atoms with van der Waals surface area (Å²) in [6.45, 7) is -0.0259. The molecular formula is C37H31NO8. The average Bonchev–Trinajstić information content (AvgIpc) is 3.43. The third-order valence-electron chi connectivity index (χ3n) is 7.22. The first-order valence-electron chi connectivity index (χ1n) is 14.8. The third kappa shape index (κ3) is 7.34. The van der Waals surface area contributed by atoms with E-state index in [0.717, 1.165) is 22.1 Å². The van der Waals surface area contributed by atoms with E-state index in [1.54, 1.807) is 6.07 Å². The maximum absolute atomic E-state index is 13.2. The lowest BCUT2D eigenvalue weighted by Gasteiger charge is -2.20. The quantitative estimate of drug-likeness (QED) is 0.161. The zero-order chi connectivity index (χ0) is 31.7. The number of hydrogen-bond donors (Lipinski definition) is 1. The maximum atomic E-state index is 13.2. The van der Waals surface area contributed by atoms with Crippen molar-refractivity contribution in [1.82, 2.24) is 4.98 Å². The molecule has 9 heteroatoms. The molecule has 1 aliphatic heterocycles. The Hall–Kier alpha value is -5.67. The monoisotopic (exact) mass is 617 g/mol. The Morgan fingerprint density at radius 2 is 1.28 bits per heavy atom. The number of esters is 2. The van der Waals surface area contributed by atoms with Crippen LogP contribution in [0.1, 0.15) is 27.2 Å². The first-order valence-corrected chi connectivity index (χ1v) is 14.8. The van der Waals surface area contributed by atoms with Gasteiger partial charge in [-0.1, -0.05) is 103 Å². The van der Waals surface area contributed by atoms with Crippen LogP contribution < -0.4 is 4.74 Å². The summed E-state index contributed by atoms with van der Waals surface area (Å²) >= 11 is 0. The molecule has 0 saturated carbocycles. The number of pyridine rings is 1. The number of nitrogens with zero attached hydrogens (tertiary/aromatic N) is 1. The van der Waals surface area contributed by atoms with Gasteiger partial charge in [-0.05, 0) is 28.8 Å². The number of rotatable bonds is 13. The van der Waals surface area contributed by atoms with Crippen LogP contribution >= 0.6 is 0 Å². The van der Waals surface area contributed by atoms with Crippen LogP contribution in [0.15, 0.2) is 133 Å². The molecule has 0 saturated heterocycles. The number of hydrogen-bond acceptors (Lipinski definition) is 9. The standard InChI is InChI=1S/C37H31NO8/c39-31(24-45-36(40)30-20-32(28-18-10-11-19-29(28)38-30)42-21-25-12-4-1-5-13-25)33-34(43-22-26-14-6-2-7-15-26)35(37(41)46-33)44-23-27-16-8-3-9-17-27/h1-20,31,33,39H,21-24H2/t31-,33-/m1/s1. The molecular weight excluding hydrogens is 586 g/mol. The Morgan fingerprint density at radius 3 is 1.91 bits per heavy atom. The van der Waals surface area contributed by atoms with Crippen LogP contribution in [0.4, 0.5) is 0 Å². The predicted molar refractivity (Wildman–Crippen MR) is 168 cm³/mol. The van der Waals surface area contributed by atoms with E-state index in [4.69, 9.17) is 23.7 Å². The molecule has 1 aromatic heterocycles. The zero-order valence-electron chi connectivity index (χ0n) is 24.8. The van der Waals surface area contributed by atoms with Crippen LogP contribution in [0, 0.1) is 0 Å². The maximum Gasteiger partial charge on any atom is 0.378 e. The number of benzene rings is 4. The molecule has 0 amide bonds. The van der Waals surface area contributed by atoms with Crippen LogP contribution in [-0.2, 0) is 43.6 Å². The van der Waals surface area contributed by atoms with E-state index in [1.807, 2.05) is 109 Å². The lowest BCUT2D eigenvalue weighted by Crippen LogP contribution is -2.34. The third-order valence-corrected chi connectivity index (χ3v) is 7.22. The number of carbonyl (C=O) groups is 2. The second-order valence-electron chi connectivity index (χ2n) is 10.5. The molecule has 6 rings (SSSR count). The SMILES string of the molecule is O=C1O[C@H]([C@H](O)COC(=O)c2cc(OCc3ccccc3)c3ccccc3n2)C(OCc2ccccc2)=C1OCc1ccccc1. The Kier molecular flexibility index (Phi) is 9.51. The summed E-state index contributed by atoms with van der Waals surface area (Å²) in [5.74, 6) is -1.23. The molecule has 1 N–H and O–H groups in total. The van der Waals surface area contributed by atoms with Gasteiger partial charge in [0, 0.05) is 11.5 Å². The fraction of sp³-hybridized carbons (Fsp3) is 0.162. The highest BCUT2D eigenvalue weighted by atomic mass is 16.6. The molecule has 0 spiro atoms. The van der Waals surface area contributed by atoms with Crippen LogP contribution in [0.2, 0.25) is 0 Å². The number of cyclic esters (lactones) is 1. The first kappa shape index (κ1) is 30.4. The molecule has 0 unspecified atom stereocenters. The highest BCUT2D eigenvalue weighted by Crippen LogP contribution is 2.30. The Morgan fingerprint density at radius 1 is 0.739 bits per heavy atom. The van der Waals surface area contributed by atoms with Crippen LogP contribution in [0.25, 0.3) is 10.9 Å². The smallest absolute Gasteiger partial charge is 0.378 e. The second-order valence-corrected chi connectivity index (χ2v) is 10.5. The van der Waals surface area contributed by atoms with E-state index in [1.165, 1.54) is 6.07 Å². The number of aliphatic hydroxyl groups is 1. The predicted octanol–water partition coefficient (Wildman–Crippen LogP) is 5.90. The van der Waals surface area contributed by atoms with Gasteiger partial charge in [-0.15, -0.1) is 0 Å². The van der Waals surface area contributed by atoms with Gasteiger partial charge in [0.15, 0.2) is 17.6 Å². The minimum absolute atomic E-state index is 0.000329. The number of para-hydroxylation sites is 1. The van der Waals surface area contributed by atoms with Crippen LogP contribution in [0.3, 0.4) is 0 Å². The minimum Gasteiger partial charge on any atom is -0.488 e. The summed E-state index contributed by atoms with van der Waals surface area (Å²) < 4.78 is 28.8. The highest BCUT2D eigenvalue weighted by molar-refractivity contribution is 5.94. The summed E-state index contributed by atoms with van der Waals surface area (Å²) in [6.07, 6.45) is -2.71. The molecule has 4 aromatic carbocycles. The van der Waals surface area contributed by atoms with E-state index < -0.39 is 30.8 Å². The summed E-state index contributed by atoms with van der Waals surface area (Å²) in [7, 11) is 0. The zero-order valence-corrected chi connectivity index (χ0v) is 24.8. The minimum atomic E-state index is -1.45. The van der Waals surface area contributed by atoms with Gasteiger partial charge in [-0.2, -0.15) is 0 Å². The second kappa shape index (κ2) is 14.4. The summed E-state index contributed by atoms with van der Waals surface area (Å²) in [5.41, 5.74) is 3.18. The fourth-order valence-corrected chi connectivity index (χ4v) is 4.87. The van der Waals surface area contributed by atoms with E-state index in [-0.39, 0.29) is 30.4 Å². The van der Waals surface area contributed by atoms with E-state index >= 15 is 0 Å². The van der Waals surface area contributed by atoms with Crippen molar-refractivity contribution in [3.63, 3.8) is 0 Å². The van der Waals surface area contributed by atoms with Crippen molar-refractivity contribution in [1.29, 1.82) is 0 Å². The molecule has 0 aliphatic carbocycles. The van der Waals surface area contributed by atoms with E-state index in [0.29, 0.717) is 17.9 Å². The molecule has 9 nitrogen and oxygen atoms in total. The van der Waals surface area contributed by atoms with Crippen LogP contribution in [0.5, 0.6) is 5.75 Å². The van der Waals surface area contributed by atoms with Gasteiger partial charge in [0.25, 0.3) is 0 Å². The van der Waals surface area contributed by atoms with Crippen LogP contribution in [-0.4, -0.2) is 40.8 Å². The Bertz CT molecular complexity index is 1830. The van der Waals surface area contributed by atoms with Crippen molar-refractivity contribution in [3.8, 4) is 5.75 Å². The Balaban J connectivity index is 1.17. The topological polar surface area (TPSA) is 113 Å². The number of carbonyl (C=O) groups excluding carboxylic acids is 2. The molecule has 0 bridgehead atoms. The van der Waals surface area contributed by atoms with Crippen molar-refractivity contribution in [2.75, 3.05) is 6.61 Å². The normalized spacial score (nSPS) is 14.9. The van der Waals surface area contributed by atoms with Gasteiger partial charge < -0.3 is 28.8 Å². The van der Waals surface area contributed by atoms with Gasteiger partial charge in [0.05, 0.1) is 5.52 Å². The molecule has 232 valence electrons. The number of ether oxygens (including phenoxy) is 5. The number of aliphatic hydroxyl groups excluding tert-OH is 1. The van der Waals surface area contributed by atoms with Crippen molar-refractivity contribution < 1.29 is 38.4 Å². The van der Waals surface area contributed by atoms with Gasteiger partial charge in [-0.25, -0.2) is 14.6 Å². The fourth-order valence-electron chi connectivity index (χ4n) is 4.87. The van der Waals surface area contributed by atoms with Gasteiger partial charge in [-0.3, -0.25) is 0 Å². The van der Waals surface area contributed by atoms with Gasteiger partial charge >= 0.3 is 11.9 Å². The lowest BCUT2D eigenvalue weighted by atomic mass is 10.1. The summed E-state index contributed by atoms with van der Waals surface area (Å²) in [4.78, 5) is 30.5. The molecule has 1 aliphatic rings. The summed E-state index contributed by atoms with van der Waals surface area (Å²) in [6, 6.07) is 37.1. The van der Waals surface area contributed by atoms with Crippen molar-refractivity contribution in [3.05, 3.63) is 155 Å². The average molecular weight is 618 g/mol.